The van der Waals surface area contributed by atoms with Crippen molar-refractivity contribution in [3.8, 4) is 22.3 Å². The molecule has 0 fully saturated rings. The maximum atomic E-state index is 2.57. The molecule has 2 nitrogen and oxygen atoms in total. The maximum Gasteiger partial charge on any atom is 0.0560 e. The third-order valence-electron chi connectivity index (χ3n) is 13.4. The Morgan fingerprint density at radius 2 is 1.19 bits per heavy atom. The lowest BCUT2D eigenvalue weighted by Gasteiger charge is -2.28. The number of hydrogen-bond acceptors (Lipinski definition) is 0. The third kappa shape index (κ3) is 4.85. The van der Waals surface area contributed by atoms with Crippen LogP contribution in [0.5, 0.6) is 0 Å². The van der Waals surface area contributed by atoms with Crippen molar-refractivity contribution >= 4 is 54.9 Å². The Balaban J connectivity index is 1.09. The number of rotatable bonds is 5. The smallest absolute Gasteiger partial charge is 0.0560 e. The van der Waals surface area contributed by atoms with Crippen LogP contribution in [-0.4, -0.2) is 9.13 Å². The third-order valence-corrected chi connectivity index (χ3v) is 13.4. The first kappa shape index (κ1) is 33.3. The second-order valence-corrected chi connectivity index (χ2v) is 16.5. The summed E-state index contributed by atoms with van der Waals surface area (Å²) < 4.78 is 5.10. The average Bonchev–Trinajstić information content (AvgIpc) is 3.89. The Labute approximate surface area is 339 Å². The van der Waals surface area contributed by atoms with E-state index in [2.05, 4.69) is 210 Å². The summed E-state index contributed by atoms with van der Waals surface area (Å²) in [5.41, 5.74) is 18.1. The Kier molecular flexibility index (Phi) is 7.35. The summed E-state index contributed by atoms with van der Waals surface area (Å²) >= 11 is 0. The molecule has 12 rings (SSSR count). The molecule has 2 unspecified atom stereocenters. The van der Waals surface area contributed by atoms with Gasteiger partial charge < -0.3 is 9.13 Å². The van der Waals surface area contributed by atoms with Crippen molar-refractivity contribution in [1.29, 1.82) is 0 Å². The molecule has 0 saturated carbocycles. The number of para-hydroxylation sites is 1. The summed E-state index contributed by atoms with van der Waals surface area (Å²) in [6, 6.07) is 59.6. The van der Waals surface area contributed by atoms with Gasteiger partial charge >= 0.3 is 0 Å². The van der Waals surface area contributed by atoms with Crippen LogP contribution in [0.15, 0.2) is 194 Å². The first-order valence-electron chi connectivity index (χ1n) is 20.8. The first-order chi connectivity index (χ1) is 28.6. The summed E-state index contributed by atoms with van der Waals surface area (Å²) in [4.78, 5) is 0. The molecule has 276 valence electrons. The van der Waals surface area contributed by atoms with E-state index in [0.717, 1.165) is 19.3 Å². The predicted octanol–water partition coefficient (Wildman–Crippen LogP) is 14.7. The molecule has 3 aliphatic rings. The quantitative estimate of drug-likeness (QED) is 0.166. The summed E-state index contributed by atoms with van der Waals surface area (Å²) in [6.45, 7) is 2.42. The number of aromatic nitrogens is 2. The van der Waals surface area contributed by atoms with Crippen molar-refractivity contribution in [3.63, 3.8) is 0 Å². The standard InChI is InChI=1S/C56H42N2/c1-56(41-17-7-3-8-18-41)50-23-13-11-21-44(50)46-35-49-48-34-40(39-27-31-53-47(33-39)45-22-12-14-24-52(45)57(53)42-19-9-4-10-20-42)28-32-54(48)58(55(49)36-51(46)56)43-29-25-38(26-30-43)37-15-5-2-6-16-37/h2-19,21-25,27-29,31-36,42H,20,26,30H2,1H3. The first-order valence-corrected chi connectivity index (χ1v) is 20.8. The van der Waals surface area contributed by atoms with Gasteiger partial charge in [-0.3, -0.25) is 0 Å². The van der Waals surface area contributed by atoms with Gasteiger partial charge in [0.15, 0.2) is 0 Å². The molecule has 2 atom stereocenters. The van der Waals surface area contributed by atoms with Crippen LogP contribution in [-0.2, 0) is 5.41 Å². The van der Waals surface area contributed by atoms with Gasteiger partial charge in [0.2, 0.25) is 0 Å². The molecule has 7 aromatic carbocycles. The van der Waals surface area contributed by atoms with Gasteiger partial charge in [0, 0.05) is 43.7 Å². The fourth-order valence-corrected chi connectivity index (χ4v) is 10.6. The summed E-state index contributed by atoms with van der Waals surface area (Å²) in [6.07, 6.45) is 16.7. The molecular weight excluding hydrogens is 701 g/mol. The molecule has 0 N–H and O–H groups in total. The second-order valence-electron chi connectivity index (χ2n) is 16.5. The van der Waals surface area contributed by atoms with Crippen molar-refractivity contribution in [1.82, 2.24) is 9.13 Å². The van der Waals surface area contributed by atoms with Crippen molar-refractivity contribution in [2.75, 3.05) is 0 Å². The van der Waals surface area contributed by atoms with E-state index in [1.54, 1.807) is 0 Å². The van der Waals surface area contributed by atoms with Gasteiger partial charge in [-0.2, -0.15) is 0 Å². The molecule has 2 aromatic heterocycles. The highest BCUT2D eigenvalue weighted by molar-refractivity contribution is 6.14. The van der Waals surface area contributed by atoms with Crippen molar-refractivity contribution < 1.29 is 0 Å². The van der Waals surface area contributed by atoms with E-state index < -0.39 is 0 Å². The van der Waals surface area contributed by atoms with E-state index in [-0.39, 0.29) is 5.41 Å². The Bertz CT molecular complexity index is 3260. The Hall–Kier alpha value is -6.90. The monoisotopic (exact) mass is 742 g/mol. The van der Waals surface area contributed by atoms with E-state index in [9.17, 15) is 0 Å². The normalized spacial score (nSPS) is 18.5. The van der Waals surface area contributed by atoms with E-state index in [0.29, 0.717) is 6.04 Å². The molecule has 3 aliphatic carbocycles. The van der Waals surface area contributed by atoms with Crippen LogP contribution in [0.25, 0.3) is 77.1 Å². The van der Waals surface area contributed by atoms with Gasteiger partial charge in [-0.1, -0.05) is 146 Å². The zero-order valence-corrected chi connectivity index (χ0v) is 32.6. The minimum atomic E-state index is -0.270. The summed E-state index contributed by atoms with van der Waals surface area (Å²) in [7, 11) is 0. The van der Waals surface area contributed by atoms with Gasteiger partial charge in [0.05, 0.1) is 17.1 Å². The fraction of sp³-hybridized carbons (Fsp3) is 0.107. The van der Waals surface area contributed by atoms with E-state index in [4.69, 9.17) is 0 Å². The number of hydrogen-bond donors (Lipinski definition) is 0. The second kappa shape index (κ2) is 12.8. The van der Waals surface area contributed by atoms with Crippen LogP contribution in [0, 0.1) is 0 Å². The lowest BCUT2D eigenvalue weighted by Crippen LogP contribution is -2.22. The highest BCUT2D eigenvalue weighted by Gasteiger charge is 2.41. The summed E-state index contributed by atoms with van der Waals surface area (Å²) in [5, 5.41) is 5.21. The van der Waals surface area contributed by atoms with Crippen LogP contribution in [0.2, 0.25) is 0 Å². The van der Waals surface area contributed by atoms with Crippen LogP contribution in [0.4, 0.5) is 0 Å². The molecule has 2 heterocycles. The minimum Gasteiger partial charge on any atom is -0.333 e. The number of allylic oxidation sites excluding steroid dienone is 8. The molecular formula is C56H42N2. The van der Waals surface area contributed by atoms with Crippen LogP contribution < -0.4 is 0 Å². The van der Waals surface area contributed by atoms with Crippen LogP contribution >= 0.6 is 0 Å². The molecule has 0 saturated heterocycles. The molecule has 2 heteroatoms. The number of nitrogens with zero attached hydrogens (tertiary/aromatic N) is 2. The molecule has 0 spiro atoms. The van der Waals surface area contributed by atoms with E-state index in [1.165, 1.54) is 99.4 Å². The van der Waals surface area contributed by atoms with Gasteiger partial charge in [0.1, 0.15) is 0 Å². The zero-order valence-electron chi connectivity index (χ0n) is 32.6. The molecule has 0 radical (unpaired) electrons. The van der Waals surface area contributed by atoms with Crippen molar-refractivity contribution in [2.24, 2.45) is 0 Å². The topological polar surface area (TPSA) is 9.86 Å². The van der Waals surface area contributed by atoms with Crippen LogP contribution in [0.1, 0.15) is 54.5 Å². The maximum absolute atomic E-state index is 2.57. The average molecular weight is 743 g/mol. The number of fused-ring (bicyclic) bond motifs is 9. The van der Waals surface area contributed by atoms with Crippen LogP contribution in [0.3, 0.4) is 0 Å². The minimum absolute atomic E-state index is 0.270. The highest BCUT2D eigenvalue weighted by atomic mass is 15.0. The van der Waals surface area contributed by atoms with E-state index in [1.807, 2.05) is 0 Å². The van der Waals surface area contributed by atoms with Gasteiger partial charge in [0.25, 0.3) is 0 Å². The summed E-state index contributed by atoms with van der Waals surface area (Å²) in [5.74, 6) is 0. The lowest BCUT2D eigenvalue weighted by molar-refractivity contribution is 0.648. The van der Waals surface area contributed by atoms with Gasteiger partial charge in [-0.05, 0) is 125 Å². The molecule has 0 bridgehead atoms. The van der Waals surface area contributed by atoms with Gasteiger partial charge in [-0.15, -0.1) is 0 Å². The van der Waals surface area contributed by atoms with Crippen molar-refractivity contribution in [3.05, 3.63) is 216 Å². The Morgan fingerprint density at radius 3 is 1.97 bits per heavy atom. The zero-order chi connectivity index (χ0) is 38.4. The SMILES string of the molecule is CC1(c2ccccc2)c2ccccc2-c2cc3c4cc(-c5ccc6c(c5)c5ccccc5n6C5C=CC=CC5)ccc4n(C4=CC=C(c5ccccc5)CC4)c3cc21. The van der Waals surface area contributed by atoms with E-state index >= 15 is 0 Å². The highest BCUT2D eigenvalue weighted by Crippen LogP contribution is 2.54. The van der Waals surface area contributed by atoms with Crippen molar-refractivity contribution in [2.45, 2.75) is 37.6 Å². The molecule has 58 heavy (non-hydrogen) atoms. The predicted molar refractivity (Wildman–Crippen MR) is 245 cm³/mol. The Morgan fingerprint density at radius 1 is 0.500 bits per heavy atom. The molecule has 0 amide bonds. The van der Waals surface area contributed by atoms with Gasteiger partial charge in [-0.25, -0.2) is 0 Å². The largest absolute Gasteiger partial charge is 0.333 e. The molecule has 9 aromatic rings. The molecule has 0 aliphatic heterocycles. The lowest BCUT2D eigenvalue weighted by atomic mass is 9.74. The fourth-order valence-electron chi connectivity index (χ4n) is 10.6. The number of benzene rings is 7.